The molecule has 0 radical (unpaired) electrons. The molecule has 1 saturated heterocycles. The van der Waals surface area contributed by atoms with Crippen LogP contribution in [-0.4, -0.2) is 32.5 Å². The van der Waals surface area contributed by atoms with E-state index < -0.39 is 0 Å². The van der Waals surface area contributed by atoms with Crippen molar-refractivity contribution in [3.8, 4) is 11.5 Å². The Hall–Kier alpha value is -0.920. The fourth-order valence-electron chi connectivity index (χ4n) is 2.17. The van der Waals surface area contributed by atoms with E-state index in [4.69, 9.17) is 16.6 Å². The van der Waals surface area contributed by atoms with Gasteiger partial charge in [0.1, 0.15) is 4.32 Å². The van der Waals surface area contributed by atoms with Crippen molar-refractivity contribution >= 4 is 44.2 Å². The molecule has 2 heterocycles. The highest BCUT2D eigenvalue weighted by Crippen LogP contribution is 2.28. The number of halogens is 1. The lowest BCUT2D eigenvalue weighted by Gasteiger charge is -2.16. The first-order chi connectivity index (χ1) is 10.2. The summed E-state index contributed by atoms with van der Waals surface area (Å²) in [7, 11) is 0. The summed E-state index contributed by atoms with van der Waals surface area (Å²) >= 11 is 10.5. The molecule has 4 nitrogen and oxygen atoms in total. The van der Waals surface area contributed by atoms with Crippen LogP contribution in [0, 0.1) is 0 Å². The molecule has 1 aliphatic heterocycles. The third kappa shape index (κ3) is 3.64. The molecule has 2 aromatic rings. The molecule has 1 fully saturated rings. The Morgan fingerprint density at radius 3 is 2.81 bits per heavy atom. The summed E-state index contributed by atoms with van der Waals surface area (Å²) in [4.78, 5) is 2.24. The van der Waals surface area contributed by atoms with Crippen LogP contribution in [0.3, 0.4) is 0 Å². The summed E-state index contributed by atoms with van der Waals surface area (Å²) in [6, 6.07) is 7.80. The lowest BCUT2D eigenvalue weighted by molar-refractivity contribution is 0.526. The molecule has 0 N–H and O–H groups in total. The van der Waals surface area contributed by atoms with E-state index in [0.717, 1.165) is 27.4 Å². The van der Waals surface area contributed by atoms with Gasteiger partial charge >= 0.3 is 0 Å². The predicted octanol–water partition coefficient (Wildman–Crippen LogP) is 4.11. The van der Waals surface area contributed by atoms with Crippen molar-refractivity contribution in [3.05, 3.63) is 34.6 Å². The van der Waals surface area contributed by atoms with Crippen LogP contribution in [0.25, 0.3) is 11.5 Å². The summed E-state index contributed by atoms with van der Waals surface area (Å²) in [5.74, 6) is 1.75. The maximum Gasteiger partial charge on any atom is 0.248 e. The van der Waals surface area contributed by atoms with Gasteiger partial charge in [-0.05, 0) is 40.9 Å². The minimum Gasteiger partial charge on any atom is -0.420 e. The number of rotatable bonds is 3. The van der Waals surface area contributed by atoms with Crippen LogP contribution in [0.5, 0.6) is 0 Å². The maximum atomic E-state index is 5.71. The average Bonchev–Trinajstić information content (AvgIpc) is 3.17. The van der Waals surface area contributed by atoms with E-state index in [1.54, 1.807) is 11.8 Å². The first kappa shape index (κ1) is 15.0. The van der Waals surface area contributed by atoms with Crippen LogP contribution < -0.4 is 0 Å². The topological polar surface area (TPSA) is 42.2 Å². The minimum absolute atomic E-state index is 0.533. The van der Waals surface area contributed by atoms with Gasteiger partial charge in [0.15, 0.2) is 0 Å². The molecule has 0 bridgehead atoms. The molecule has 21 heavy (non-hydrogen) atoms. The van der Waals surface area contributed by atoms with Crippen LogP contribution in [0.15, 0.2) is 33.2 Å². The molecule has 0 aliphatic carbocycles. The van der Waals surface area contributed by atoms with Crippen molar-refractivity contribution in [2.24, 2.45) is 0 Å². The monoisotopic (exact) mass is 383 g/mol. The van der Waals surface area contributed by atoms with E-state index in [9.17, 15) is 0 Å². The number of likely N-dealkylation sites (tertiary alicyclic amines) is 1. The highest BCUT2D eigenvalue weighted by molar-refractivity contribution is 9.10. The van der Waals surface area contributed by atoms with Crippen molar-refractivity contribution in [3.63, 3.8) is 0 Å². The van der Waals surface area contributed by atoms with Gasteiger partial charge in [-0.25, -0.2) is 0 Å². The molecular formula is C14H14BrN3OS2. The number of nitrogens with zero attached hydrogens (tertiary/aromatic N) is 3. The van der Waals surface area contributed by atoms with Gasteiger partial charge < -0.3 is 9.32 Å². The number of hydrogen-bond donors (Lipinski definition) is 0. The summed E-state index contributed by atoms with van der Waals surface area (Å²) in [5.41, 5.74) is 0.906. The molecule has 0 unspecified atom stereocenters. The van der Waals surface area contributed by atoms with Crippen molar-refractivity contribution in [2.45, 2.75) is 18.6 Å². The maximum absolute atomic E-state index is 5.71. The second kappa shape index (κ2) is 6.89. The fraction of sp³-hybridized carbons (Fsp3) is 0.357. The third-order valence-corrected chi connectivity index (χ3v) is 5.45. The van der Waals surface area contributed by atoms with Gasteiger partial charge in [0.05, 0.1) is 11.3 Å². The highest BCUT2D eigenvalue weighted by atomic mass is 79.9. The Morgan fingerprint density at radius 2 is 2.05 bits per heavy atom. The normalized spacial score (nSPS) is 14.6. The lowest BCUT2D eigenvalue weighted by atomic mass is 10.2. The molecule has 1 aromatic heterocycles. The van der Waals surface area contributed by atoms with Crippen molar-refractivity contribution in [1.82, 2.24) is 15.1 Å². The van der Waals surface area contributed by atoms with Crippen LogP contribution in [0.1, 0.15) is 18.7 Å². The Kier molecular flexibility index (Phi) is 4.92. The van der Waals surface area contributed by atoms with Crippen molar-refractivity contribution < 1.29 is 4.42 Å². The zero-order valence-corrected chi connectivity index (χ0v) is 14.5. The first-order valence-electron chi connectivity index (χ1n) is 6.73. The molecular weight excluding hydrogens is 370 g/mol. The van der Waals surface area contributed by atoms with Gasteiger partial charge in [-0.2, -0.15) is 0 Å². The number of thiocarbonyl (C=S) groups is 1. The first-order valence-corrected chi connectivity index (χ1v) is 8.92. The highest BCUT2D eigenvalue weighted by Gasteiger charge is 2.17. The summed E-state index contributed by atoms with van der Waals surface area (Å²) in [6.45, 7) is 2.13. The van der Waals surface area contributed by atoms with Gasteiger partial charge in [-0.3, -0.25) is 0 Å². The van der Waals surface area contributed by atoms with Gasteiger partial charge in [-0.1, -0.05) is 36.1 Å². The van der Waals surface area contributed by atoms with Crippen LogP contribution in [0.2, 0.25) is 0 Å². The molecule has 110 valence electrons. The van der Waals surface area contributed by atoms with Crippen LogP contribution in [0.4, 0.5) is 0 Å². The molecule has 1 aliphatic rings. The number of benzene rings is 1. The number of aromatic nitrogens is 2. The van der Waals surface area contributed by atoms with E-state index in [-0.39, 0.29) is 0 Å². The van der Waals surface area contributed by atoms with E-state index in [0.29, 0.717) is 17.5 Å². The van der Waals surface area contributed by atoms with E-state index in [2.05, 4.69) is 31.0 Å². The van der Waals surface area contributed by atoms with E-state index >= 15 is 0 Å². The van der Waals surface area contributed by atoms with Crippen molar-refractivity contribution in [2.75, 3.05) is 13.1 Å². The van der Waals surface area contributed by atoms with E-state index in [1.165, 1.54) is 12.8 Å². The fourth-order valence-corrected chi connectivity index (χ4v) is 3.71. The van der Waals surface area contributed by atoms with Gasteiger partial charge in [0, 0.05) is 17.6 Å². The van der Waals surface area contributed by atoms with E-state index in [1.807, 2.05) is 24.3 Å². The molecule has 3 rings (SSSR count). The Labute approximate surface area is 141 Å². The van der Waals surface area contributed by atoms with Crippen LogP contribution in [-0.2, 0) is 5.75 Å². The quantitative estimate of drug-likeness (QED) is 0.742. The third-order valence-electron chi connectivity index (χ3n) is 3.25. The molecule has 0 saturated carbocycles. The molecule has 1 aromatic carbocycles. The molecule has 7 heteroatoms. The second-order valence-electron chi connectivity index (χ2n) is 4.73. The Morgan fingerprint density at radius 1 is 1.29 bits per heavy atom. The standard InChI is InChI=1S/C14H14BrN3OS2/c15-11-6-2-1-5-10(11)13-17-16-12(19-13)9-21-14(20)18-7-3-4-8-18/h1-2,5-6H,3-4,7-9H2. The predicted molar refractivity (Wildman–Crippen MR) is 92.1 cm³/mol. The zero-order valence-electron chi connectivity index (χ0n) is 11.3. The van der Waals surface area contributed by atoms with Gasteiger partial charge in [0.2, 0.25) is 11.8 Å². The number of thioether (sulfide) groups is 1. The molecule has 0 atom stereocenters. The summed E-state index contributed by atoms with van der Waals surface area (Å²) in [6.07, 6.45) is 2.46. The minimum atomic E-state index is 0.533. The van der Waals surface area contributed by atoms with Crippen LogP contribution >= 0.6 is 39.9 Å². The largest absolute Gasteiger partial charge is 0.420 e. The number of hydrogen-bond acceptors (Lipinski definition) is 5. The van der Waals surface area contributed by atoms with Gasteiger partial charge in [0.25, 0.3) is 0 Å². The second-order valence-corrected chi connectivity index (χ2v) is 7.19. The molecule has 0 amide bonds. The Bertz CT molecular complexity index is 641. The lowest BCUT2D eigenvalue weighted by Crippen LogP contribution is -2.23. The zero-order chi connectivity index (χ0) is 14.7. The smallest absolute Gasteiger partial charge is 0.248 e. The van der Waals surface area contributed by atoms with Gasteiger partial charge in [-0.15, -0.1) is 10.2 Å². The molecule has 0 spiro atoms. The summed E-state index contributed by atoms with van der Waals surface area (Å²) in [5, 5.41) is 8.20. The Balaban J connectivity index is 1.63. The summed E-state index contributed by atoms with van der Waals surface area (Å²) < 4.78 is 7.58. The SMILES string of the molecule is S=C(SCc1nnc(-c2ccccc2Br)o1)N1CCCC1. The average molecular weight is 384 g/mol. The van der Waals surface area contributed by atoms with Crippen molar-refractivity contribution in [1.29, 1.82) is 0 Å².